The average Bonchev–Trinajstić information content (AvgIpc) is 1.93. The van der Waals surface area contributed by atoms with Crippen molar-refractivity contribution in [2.75, 3.05) is 13.2 Å². The number of rotatable bonds is 4. The third-order valence-electron chi connectivity index (χ3n) is 2.36. The van der Waals surface area contributed by atoms with Crippen molar-refractivity contribution < 1.29 is 9.90 Å². The van der Waals surface area contributed by atoms with Crippen molar-refractivity contribution in [2.24, 2.45) is 5.73 Å². The normalized spacial score (nSPS) is 17.1. The molecule has 1 fully saturated rings. The third-order valence-corrected chi connectivity index (χ3v) is 2.36. The summed E-state index contributed by atoms with van der Waals surface area (Å²) in [5, 5.41) is 8.59. The third kappa shape index (κ3) is 2.11. The van der Waals surface area contributed by atoms with Gasteiger partial charge in [-0.1, -0.05) is 0 Å². The molecular formula is C8H16N2O2. The number of nitrogens with two attached hydrogens (primary N) is 1. The zero-order valence-corrected chi connectivity index (χ0v) is 7.20. The number of primary amides is 1. The van der Waals surface area contributed by atoms with E-state index in [1.807, 2.05) is 0 Å². The molecule has 1 rings (SSSR count). The van der Waals surface area contributed by atoms with Crippen molar-refractivity contribution in [2.45, 2.75) is 31.7 Å². The minimum Gasteiger partial charge on any atom is -0.396 e. The van der Waals surface area contributed by atoms with Crippen LogP contribution in [0, 0.1) is 0 Å². The number of urea groups is 1. The van der Waals surface area contributed by atoms with Crippen LogP contribution in [0.25, 0.3) is 0 Å². The molecule has 0 aromatic heterocycles. The molecule has 0 saturated heterocycles. The second kappa shape index (κ2) is 4.30. The molecule has 0 heterocycles. The van der Waals surface area contributed by atoms with Gasteiger partial charge in [-0.05, 0) is 25.7 Å². The molecule has 0 aromatic rings. The number of amides is 2. The Morgan fingerprint density at radius 1 is 1.58 bits per heavy atom. The van der Waals surface area contributed by atoms with Gasteiger partial charge in [-0.3, -0.25) is 0 Å². The first-order valence-corrected chi connectivity index (χ1v) is 4.42. The monoisotopic (exact) mass is 172 g/mol. The van der Waals surface area contributed by atoms with E-state index in [1.165, 1.54) is 6.42 Å². The molecular weight excluding hydrogens is 156 g/mol. The summed E-state index contributed by atoms with van der Waals surface area (Å²) in [5.74, 6) is 0. The van der Waals surface area contributed by atoms with Gasteiger partial charge in [0.05, 0.1) is 0 Å². The molecule has 12 heavy (non-hydrogen) atoms. The molecule has 0 aromatic carbocycles. The van der Waals surface area contributed by atoms with Crippen LogP contribution in [0.15, 0.2) is 0 Å². The van der Waals surface area contributed by atoms with Gasteiger partial charge in [-0.15, -0.1) is 0 Å². The smallest absolute Gasteiger partial charge is 0.315 e. The number of carbonyl (C=O) groups is 1. The first-order chi connectivity index (χ1) is 5.75. The highest BCUT2D eigenvalue weighted by molar-refractivity contribution is 5.72. The van der Waals surface area contributed by atoms with Gasteiger partial charge in [0.1, 0.15) is 0 Å². The maximum atomic E-state index is 10.9. The van der Waals surface area contributed by atoms with Crippen molar-refractivity contribution in [3.05, 3.63) is 0 Å². The molecule has 3 N–H and O–H groups in total. The SMILES string of the molecule is NC(=O)N(CCCO)C1CCC1. The summed E-state index contributed by atoms with van der Waals surface area (Å²) in [6.07, 6.45) is 3.94. The Kier molecular flexibility index (Phi) is 3.34. The summed E-state index contributed by atoms with van der Waals surface area (Å²) < 4.78 is 0. The van der Waals surface area contributed by atoms with Gasteiger partial charge in [0.2, 0.25) is 0 Å². The lowest BCUT2D eigenvalue weighted by atomic mass is 9.91. The second-order valence-corrected chi connectivity index (χ2v) is 3.19. The molecule has 2 amide bonds. The summed E-state index contributed by atoms with van der Waals surface area (Å²) in [4.78, 5) is 12.6. The molecule has 4 heteroatoms. The predicted molar refractivity (Wildman–Crippen MR) is 45.6 cm³/mol. The lowest BCUT2D eigenvalue weighted by molar-refractivity contribution is 0.137. The molecule has 0 bridgehead atoms. The van der Waals surface area contributed by atoms with E-state index in [4.69, 9.17) is 10.8 Å². The Bertz CT molecular complexity index is 157. The Labute approximate surface area is 72.3 Å². The first kappa shape index (κ1) is 9.32. The van der Waals surface area contributed by atoms with Crippen LogP contribution in [0.3, 0.4) is 0 Å². The van der Waals surface area contributed by atoms with Crippen LogP contribution >= 0.6 is 0 Å². The van der Waals surface area contributed by atoms with E-state index < -0.39 is 0 Å². The lowest BCUT2D eigenvalue weighted by Gasteiger charge is -2.36. The highest BCUT2D eigenvalue weighted by Crippen LogP contribution is 2.24. The minimum atomic E-state index is -0.354. The van der Waals surface area contributed by atoms with Crippen LogP contribution in [0.1, 0.15) is 25.7 Å². The predicted octanol–water partition coefficient (Wildman–Crippen LogP) is 0.302. The number of hydrogen-bond donors (Lipinski definition) is 2. The summed E-state index contributed by atoms with van der Waals surface area (Å²) in [7, 11) is 0. The maximum Gasteiger partial charge on any atom is 0.315 e. The van der Waals surface area contributed by atoms with Crippen molar-refractivity contribution in [3.8, 4) is 0 Å². The topological polar surface area (TPSA) is 66.6 Å². The number of aliphatic hydroxyl groups is 1. The lowest BCUT2D eigenvalue weighted by Crippen LogP contribution is -2.47. The van der Waals surface area contributed by atoms with Crippen molar-refractivity contribution in [3.63, 3.8) is 0 Å². The summed E-state index contributed by atoms with van der Waals surface area (Å²) >= 11 is 0. The van der Waals surface area contributed by atoms with E-state index in [-0.39, 0.29) is 12.6 Å². The molecule has 0 unspecified atom stereocenters. The number of carbonyl (C=O) groups excluding carboxylic acids is 1. The molecule has 0 spiro atoms. The zero-order valence-electron chi connectivity index (χ0n) is 7.20. The Morgan fingerprint density at radius 2 is 2.25 bits per heavy atom. The average molecular weight is 172 g/mol. The van der Waals surface area contributed by atoms with Gasteiger partial charge in [0.25, 0.3) is 0 Å². The molecule has 70 valence electrons. The zero-order chi connectivity index (χ0) is 8.97. The maximum absolute atomic E-state index is 10.9. The van der Waals surface area contributed by atoms with Gasteiger partial charge in [0.15, 0.2) is 0 Å². The van der Waals surface area contributed by atoms with Crippen molar-refractivity contribution in [1.82, 2.24) is 4.90 Å². The van der Waals surface area contributed by atoms with Crippen LogP contribution in [-0.4, -0.2) is 35.2 Å². The van der Waals surface area contributed by atoms with E-state index in [0.29, 0.717) is 19.0 Å². The molecule has 0 radical (unpaired) electrons. The fourth-order valence-corrected chi connectivity index (χ4v) is 1.41. The first-order valence-electron chi connectivity index (χ1n) is 4.42. The summed E-state index contributed by atoms with van der Waals surface area (Å²) in [6, 6.07) is -0.0119. The number of aliphatic hydroxyl groups excluding tert-OH is 1. The van der Waals surface area contributed by atoms with Crippen LogP contribution in [0.5, 0.6) is 0 Å². The van der Waals surface area contributed by atoms with Gasteiger partial charge >= 0.3 is 6.03 Å². The van der Waals surface area contributed by atoms with Gasteiger partial charge < -0.3 is 15.7 Å². The fourth-order valence-electron chi connectivity index (χ4n) is 1.41. The highest BCUT2D eigenvalue weighted by Gasteiger charge is 2.26. The van der Waals surface area contributed by atoms with Crippen LogP contribution in [0.2, 0.25) is 0 Å². The number of hydrogen-bond acceptors (Lipinski definition) is 2. The van der Waals surface area contributed by atoms with Crippen molar-refractivity contribution >= 4 is 6.03 Å². The fraction of sp³-hybridized carbons (Fsp3) is 0.875. The molecule has 0 atom stereocenters. The van der Waals surface area contributed by atoms with E-state index in [1.54, 1.807) is 4.90 Å². The van der Waals surface area contributed by atoms with Crippen LogP contribution < -0.4 is 5.73 Å². The molecule has 0 aliphatic heterocycles. The van der Waals surface area contributed by atoms with E-state index in [2.05, 4.69) is 0 Å². The molecule has 1 aliphatic rings. The van der Waals surface area contributed by atoms with Gasteiger partial charge in [0, 0.05) is 19.2 Å². The Balaban J connectivity index is 2.32. The number of nitrogens with zero attached hydrogens (tertiary/aromatic N) is 1. The Morgan fingerprint density at radius 3 is 2.58 bits per heavy atom. The van der Waals surface area contributed by atoms with Crippen LogP contribution in [0.4, 0.5) is 4.79 Å². The van der Waals surface area contributed by atoms with E-state index in [0.717, 1.165) is 12.8 Å². The minimum absolute atomic E-state index is 0.122. The summed E-state index contributed by atoms with van der Waals surface area (Å²) in [6.45, 7) is 0.715. The summed E-state index contributed by atoms with van der Waals surface area (Å²) in [5.41, 5.74) is 5.19. The highest BCUT2D eigenvalue weighted by atomic mass is 16.3. The standard InChI is InChI=1S/C8H16N2O2/c9-8(12)10(5-2-6-11)7-3-1-4-7/h7,11H,1-6H2,(H2,9,12). The van der Waals surface area contributed by atoms with Crippen molar-refractivity contribution in [1.29, 1.82) is 0 Å². The Hall–Kier alpha value is -0.770. The van der Waals surface area contributed by atoms with Gasteiger partial charge in [-0.25, -0.2) is 4.79 Å². The molecule has 4 nitrogen and oxygen atoms in total. The molecule has 1 saturated carbocycles. The van der Waals surface area contributed by atoms with E-state index >= 15 is 0 Å². The molecule has 1 aliphatic carbocycles. The second-order valence-electron chi connectivity index (χ2n) is 3.19. The van der Waals surface area contributed by atoms with Crippen LogP contribution in [-0.2, 0) is 0 Å². The van der Waals surface area contributed by atoms with Gasteiger partial charge in [-0.2, -0.15) is 0 Å². The van der Waals surface area contributed by atoms with E-state index in [9.17, 15) is 4.79 Å². The quantitative estimate of drug-likeness (QED) is 0.640. The largest absolute Gasteiger partial charge is 0.396 e.